The second kappa shape index (κ2) is 7.09. The quantitative estimate of drug-likeness (QED) is 0.846. The average molecular weight is 308 g/mol. The van der Waals surface area contributed by atoms with Crippen LogP contribution in [0.2, 0.25) is 0 Å². The molecule has 0 aliphatic carbocycles. The molecule has 0 amide bonds. The molecule has 2 atom stereocenters. The predicted molar refractivity (Wildman–Crippen MR) is 84.7 cm³/mol. The van der Waals surface area contributed by atoms with Crippen LogP contribution in [-0.4, -0.2) is 53.7 Å². The van der Waals surface area contributed by atoms with E-state index in [2.05, 4.69) is 23.3 Å². The zero-order valence-corrected chi connectivity index (χ0v) is 13.4. The van der Waals surface area contributed by atoms with Gasteiger partial charge < -0.3 is 9.84 Å². The molecule has 4 nitrogen and oxygen atoms in total. The molecule has 1 aromatic heterocycles. The molecule has 0 saturated carbocycles. The van der Waals surface area contributed by atoms with Crippen molar-refractivity contribution >= 4 is 11.8 Å². The first kappa shape index (κ1) is 15.3. The molecule has 0 radical (unpaired) electrons. The van der Waals surface area contributed by atoms with E-state index in [1.54, 1.807) is 11.8 Å². The summed E-state index contributed by atoms with van der Waals surface area (Å²) >= 11 is 1.69. The highest BCUT2D eigenvalue weighted by molar-refractivity contribution is 7.98. The summed E-state index contributed by atoms with van der Waals surface area (Å²) in [4.78, 5) is 7.23. The topological polar surface area (TPSA) is 45.6 Å². The maximum Gasteiger partial charge on any atom is 0.0961 e. The van der Waals surface area contributed by atoms with Crippen molar-refractivity contribution in [2.24, 2.45) is 0 Å². The molecule has 2 aliphatic rings. The number of thioether (sulfide) groups is 1. The van der Waals surface area contributed by atoms with E-state index in [4.69, 9.17) is 9.72 Å². The van der Waals surface area contributed by atoms with Crippen LogP contribution in [-0.2, 0) is 11.3 Å². The second-order valence-corrected chi connectivity index (χ2v) is 6.73. The maximum atomic E-state index is 9.51. The van der Waals surface area contributed by atoms with Crippen LogP contribution in [0, 0.1) is 0 Å². The van der Waals surface area contributed by atoms with Crippen molar-refractivity contribution in [3.05, 3.63) is 23.4 Å². The van der Waals surface area contributed by atoms with E-state index in [9.17, 15) is 5.11 Å². The molecule has 3 heterocycles. The standard InChI is InChI=1S/C16H24N2O2S/c1-21-16-5-4-14(12-6-8-20-11-12)15(17-16)9-18-7-2-3-13(18)10-19/h4-5,12-13,19H,2-3,6-11H2,1H3/t12-,13+/m1/s1. The Labute approximate surface area is 130 Å². The van der Waals surface area contributed by atoms with Gasteiger partial charge in [0.05, 0.1) is 23.9 Å². The van der Waals surface area contributed by atoms with Crippen LogP contribution in [0.25, 0.3) is 0 Å². The van der Waals surface area contributed by atoms with E-state index < -0.39 is 0 Å². The highest BCUT2D eigenvalue weighted by atomic mass is 32.2. The molecule has 0 spiro atoms. The lowest BCUT2D eigenvalue weighted by Gasteiger charge is -2.24. The van der Waals surface area contributed by atoms with Gasteiger partial charge in [-0.25, -0.2) is 4.98 Å². The van der Waals surface area contributed by atoms with Gasteiger partial charge in [0, 0.05) is 25.1 Å². The number of aliphatic hydroxyl groups excluding tert-OH is 1. The van der Waals surface area contributed by atoms with Gasteiger partial charge in [-0.1, -0.05) is 6.07 Å². The number of aliphatic hydroxyl groups is 1. The third-order valence-electron chi connectivity index (χ3n) is 4.63. The lowest BCUT2D eigenvalue weighted by atomic mass is 9.96. The smallest absolute Gasteiger partial charge is 0.0961 e. The summed E-state index contributed by atoms with van der Waals surface area (Å²) in [7, 11) is 0. The van der Waals surface area contributed by atoms with Gasteiger partial charge in [0.15, 0.2) is 0 Å². The molecule has 0 bridgehead atoms. The number of hydrogen-bond donors (Lipinski definition) is 1. The summed E-state index contributed by atoms with van der Waals surface area (Å²) in [5, 5.41) is 10.6. The fourth-order valence-corrected chi connectivity index (χ4v) is 3.79. The summed E-state index contributed by atoms with van der Waals surface area (Å²) in [5.74, 6) is 0.485. The molecule has 2 saturated heterocycles. The van der Waals surface area contributed by atoms with Crippen LogP contribution in [0.15, 0.2) is 17.2 Å². The summed E-state index contributed by atoms with van der Waals surface area (Å²) < 4.78 is 5.55. The van der Waals surface area contributed by atoms with Crippen molar-refractivity contribution < 1.29 is 9.84 Å². The first-order chi connectivity index (χ1) is 10.3. The SMILES string of the molecule is CSc1ccc([C@@H]2CCOC2)c(CN2CCC[C@H]2CO)n1. The molecule has 3 rings (SSSR count). The van der Waals surface area contributed by atoms with Gasteiger partial charge in [-0.3, -0.25) is 4.90 Å². The Bertz CT molecular complexity index is 477. The van der Waals surface area contributed by atoms with Crippen molar-refractivity contribution in [1.29, 1.82) is 0 Å². The van der Waals surface area contributed by atoms with Gasteiger partial charge in [-0.05, 0) is 43.7 Å². The van der Waals surface area contributed by atoms with Crippen LogP contribution < -0.4 is 0 Å². The second-order valence-electron chi connectivity index (χ2n) is 5.90. The minimum absolute atomic E-state index is 0.254. The molecule has 5 heteroatoms. The summed E-state index contributed by atoms with van der Waals surface area (Å²) in [6, 6.07) is 4.66. The zero-order chi connectivity index (χ0) is 14.7. The molecule has 0 aromatic carbocycles. The molecule has 2 fully saturated rings. The monoisotopic (exact) mass is 308 g/mol. The Morgan fingerprint density at radius 2 is 2.33 bits per heavy atom. The predicted octanol–water partition coefficient (Wildman–Crippen LogP) is 2.26. The fraction of sp³-hybridized carbons (Fsp3) is 0.688. The average Bonchev–Trinajstić information content (AvgIpc) is 3.18. The largest absolute Gasteiger partial charge is 0.395 e. The number of ether oxygens (including phenoxy) is 1. The van der Waals surface area contributed by atoms with E-state index in [1.807, 2.05) is 0 Å². The van der Waals surface area contributed by atoms with Crippen LogP contribution >= 0.6 is 11.8 Å². The minimum Gasteiger partial charge on any atom is -0.395 e. The van der Waals surface area contributed by atoms with Gasteiger partial charge in [0.2, 0.25) is 0 Å². The molecule has 21 heavy (non-hydrogen) atoms. The Kier molecular flexibility index (Phi) is 5.16. The normalized spacial score (nSPS) is 26.6. The van der Waals surface area contributed by atoms with E-state index in [-0.39, 0.29) is 6.61 Å². The number of rotatable bonds is 5. The molecule has 0 unspecified atom stereocenters. The summed E-state index contributed by atoms with van der Waals surface area (Å²) in [6.07, 6.45) is 5.43. The molecular formula is C16H24N2O2S. The molecule has 116 valence electrons. The van der Waals surface area contributed by atoms with Crippen molar-refractivity contribution in [3.63, 3.8) is 0 Å². The highest BCUT2D eigenvalue weighted by Crippen LogP contribution is 2.30. The number of hydrogen-bond acceptors (Lipinski definition) is 5. The van der Waals surface area contributed by atoms with Crippen LogP contribution in [0.3, 0.4) is 0 Å². The Balaban J connectivity index is 1.83. The van der Waals surface area contributed by atoms with Gasteiger partial charge in [-0.15, -0.1) is 11.8 Å². The molecule has 2 aliphatic heterocycles. The van der Waals surface area contributed by atoms with Crippen molar-refractivity contribution in [2.75, 3.05) is 32.6 Å². The van der Waals surface area contributed by atoms with Gasteiger partial charge in [0.1, 0.15) is 0 Å². The van der Waals surface area contributed by atoms with Crippen molar-refractivity contribution in [2.45, 2.75) is 42.8 Å². The van der Waals surface area contributed by atoms with E-state index >= 15 is 0 Å². The fourth-order valence-electron chi connectivity index (χ4n) is 3.39. The van der Waals surface area contributed by atoms with E-state index in [0.717, 1.165) is 44.2 Å². The van der Waals surface area contributed by atoms with Gasteiger partial charge >= 0.3 is 0 Å². The van der Waals surface area contributed by atoms with Crippen LogP contribution in [0.1, 0.15) is 36.4 Å². The summed E-state index contributed by atoms with van der Waals surface area (Å²) in [6.45, 7) is 3.85. The van der Waals surface area contributed by atoms with Crippen molar-refractivity contribution in [3.8, 4) is 0 Å². The number of pyridine rings is 1. The molecule has 1 aromatic rings. The Hall–Kier alpha value is -0.620. The van der Waals surface area contributed by atoms with E-state index in [1.165, 1.54) is 17.7 Å². The Morgan fingerprint density at radius 3 is 3.05 bits per heavy atom. The van der Waals surface area contributed by atoms with E-state index in [0.29, 0.717) is 12.0 Å². The third-order valence-corrected chi connectivity index (χ3v) is 5.27. The first-order valence-corrected chi connectivity index (χ1v) is 9.00. The number of aromatic nitrogens is 1. The lowest BCUT2D eigenvalue weighted by Crippen LogP contribution is -2.32. The van der Waals surface area contributed by atoms with Gasteiger partial charge in [0.25, 0.3) is 0 Å². The third kappa shape index (κ3) is 3.42. The number of likely N-dealkylation sites (tertiary alicyclic amines) is 1. The highest BCUT2D eigenvalue weighted by Gasteiger charge is 2.27. The van der Waals surface area contributed by atoms with Crippen LogP contribution in [0.5, 0.6) is 0 Å². The van der Waals surface area contributed by atoms with Crippen molar-refractivity contribution in [1.82, 2.24) is 9.88 Å². The number of nitrogens with zero attached hydrogens (tertiary/aromatic N) is 2. The van der Waals surface area contributed by atoms with Crippen LogP contribution in [0.4, 0.5) is 0 Å². The van der Waals surface area contributed by atoms with Gasteiger partial charge in [-0.2, -0.15) is 0 Å². The maximum absolute atomic E-state index is 9.51. The zero-order valence-electron chi connectivity index (χ0n) is 12.6. The molecule has 1 N–H and O–H groups in total. The summed E-state index contributed by atoms with van der Waals surface area (Å²) in [5.41, 5.74) is 2.52. The first-order valence-electron chi connectivity index (χ1n) is 7.78. The minimum atomic E-state index is 0.254. The lowest BCUT2D eigenvalue weighted by molar-refractivity contribution is 0.151. The Morgan fingerprint density at radius 1 is 1.43 bits per heavy atom. The molecular weight excluding hydrogens is 284 g/mol.